The van der Waals surface area contributed by atoms with Gasteiger partial charge in [-0.15, -0.1) is 0 Å². The molecule has 2 aliphatic rings. The monoisotopic (exact) mass is 341 g/mol. The van der Waals surface area contributed by atoms with Gasteiger partial charge in [-0.25, -0.2) is 9.59 Å². The Morgan fingerprint density at radius 3 is 2.96 bits per heavy atom. The summed E-state index contributed by atoms with van der Waals surface area (Å²) in [5.41, 5.74) is 3.78. The molecule has 0 radical (unpaired) electrons. The molecule has 4 heterocycles. The van der Waals surface area contributed by atoms with Gasteiger partial charge in [-0.05, 0) is 25.0 Å². The molecule has 0 aliphatic carbocycles. The Hall–Kier alpha value is -3.03. The Kier molecular flexibility index (Phi) is 2.85. The molecule has 1 fully saturated rings. The number of anilines is 1. The van der Waals surface area contributed by atoms with Crippen LogP contribution in [-0.2, 0) is 24.6 Å². The van der Waals surface area contributed by atoms with E-state index in [4.69, 9.17) is 13.7 Å². The van der Waals surface area contributed by atoms with Crippen LogP contribution in [0.25, 0.3) is 11.1 Å². The number of ether oxygens (including phenoxy) is 1. The third-order valence-electron chi connectivity index (χ3n) is 5.10. The predicted molar refractivity (Wildman–Crippen MR) is 86.5 cm³/mol. The van der Waals surface area contributed by atoms with E-state index in [0.717, 1.165) is 22.5 Å². The van der Waals surface area contributed by atoms with Gasteiger partial charge in [0.1, 0.15) is 12.4 Å². The summed E-state index contributed by atoms with van der Waals surface area (Å²) in [7, 11) is 1.67. The minimum absolute atomic E-state index is 0.0921. The standard InChI is InChI=1S/C17H15N3O5/c1-19-12-4-3-11-10(15(12)25-16(19)21)8-13-14(24-17(22)20(11)13)5-2-9-6-7-23-18-9/h3-4,6-7,13-14H,2,5,8H2,1H3/t13-,14-/m0/s1. The van der Waals surface area contributed by atoms with Crippen molar-refractivity contribution in [2.24, 2.45) is 7.05 Å². The van der Waals surface area contributed by atoms with Gasteiger partial charge in [0.25, 0.3) is 0 Å². The van der Waals surface area contributed by atoms with E-state index in [2.05, 4.69) is 5.16 Å². The van der Waals surface area contributed by atoms with E-state index in [1.165, 1.54) is 10.8 Å². The molecule has 128 valence electrons. The van der Waals surface area contributed by atoms with Crippen molar-refractivity contribution in [1.82, 2.24) is 9.72 Å². The molecule has 5 rings (SSSR count). The molecule has 2 aromatic heterocycles. The van der Waals surface area contributed by atoms with Crippen LogP contribution in [0, 0.1) is 0 Å². The van der Waals surface area contributed by atoms with Crippen LogP contribution in [0.5, 0.6) is 0 Å². The van der Waals surface area contributed by atoms with Crippen molar-refractivity contribution in [1.29, 1.82) is 0 Å². The lowest BCUT2D eigenvalue weighted by atomic mass is 10.0. The highest BCUT2D eigenvalue weighted by molar-refractivity contribution is 5.98. The molecule has 3 aromatic rings. The summed E-state index contributed by atoms with van der Waals surface area (Å²) in [5.74, 6) is -0.402. The number of nitrogens with zero attached hydrogens (tertiary/aromatic N) is 3. The number of benzene rings is 1. The first kappa shape index (κ1) is 14.3. The highest BCUT2D eigenvalue weighted by atomic mass is 16.6. The van der Waals surface area contributed by atoms with E-state index >= 15 is 0 Å². The molecular formula is C17H15N3O5. The van der Waals surface area contributed by atoms with Gasteiger partial charge >= 0.3 is 11.8 Å². The molecule has 1 aromatic carbocycles. The number of rotatable bonds is 3. The van der Waals surface area contributed by atoms with Crippen LogP contribution in [0.2, 0.25) is 0 Å². The van der Waals surface area contributed by atoms with Crippen molar-refractivity contribution in [3.63, 3.8) is 0 Å². The minimum Gasteiger partial charge on any atom is -0.444 e. The summed E-state index contributed by atoms with van der Waals surface area (Å²) in [4.78, 5) is 25.9. The molecule has 2 atom stereocenters. The number of carbonyl (C=O) groups excluding carboxylic acids is 1. The number of aromatic nitrogens is 2. The Bertz CT molecular complexity index is 1030. The molecule has 1 saturated heterocycles. The quantitative estimate of drug-likeness (QED) is 0.724. The van der Waals surface area contributed by atoms with Gasteiger partial charge in [0, 0.05) is 25.1 Å². The van der Waals surface area contributed by atoms with E-state index in [-0.39, 0.29) is 18.2 Å². The summed E-state index contributed by atoms with van der Waals surface area (Å²) >= 11 is 0. The zero-order valence-electron chi connectivity index (χ0n) is 13.5. The van der Waals surface area contributed by atoms with Gasteiger partial charge < -0.3 is 13.7 Å². The van der Waals surface area contributed by atoms with Crippen molar-refractivity contribution >= 4 is 22.9 Å². The number of oxazole rings is 1. The van der Waals surface area contributed by atoms with Crippen LogP contribution in [0.15, 0.2) is 38.2 Å². The van der Waals surface area contributed by atoms with Crippen molar-refractivity contribution < 1.29 is 18.5 Å². The lowest BCUT2D eigenvalue weighted by Crippen LogP contribution is -2.33. The first-order chi connectivity index (χ1) is 12.1. The fraction of sp³-hybridized carbons (Fsp3) is 0.353. The molecule has 25 heavy (non-hydrogen) atoms. The van der Waals surface area contributed by atoms with Crippen LogP contribution in [-0.4, -0.2) is 28.0 Å². The van der Waals surface area contributed by atoms with Gasteiger partial charge in [-0.3, -0.25) is 9.47 Å². The third-order valence-corrected chi connectivity index (χ3v) is 5.10. The highest BCUT2D eigenvalue weighted by Crippen LogP contribution is 2.42. The smallest absolute Gasteiger partial charge is 0.419 e. The number of fused-ring (bicyclic) bond motifs is 5. The fourth-order valence-electron chi connectivity index (χ4n) is 3.84. The zero-order valence-corrected chi connectivity index (χ0v) is 13.5. The van der Waals surface area contributed by atoms with Crippen LogP contribution < -0.4 is 10.7 Å². The lowest BCUT2D eigenvalue weighted by Gasteiger charge is -2.16. The van der Waals surface area contributed by atoms with E-state index in [0.29, 0.717) is 24.8 Å². The van der Waals surface area contributed by atoms with Crippen molar-refractivity contribution in [3.05, 3.63) is 46.3 Å². The second-order valence-electron chi connectivity index (χ2n) is 6.43. The second kappa shape index (κ2) is 4.98. The molecule has 0 spiro atoms. The lowest BCUT2D eigenvalue weighted by molar-refractivity contribution is 0.126. The van der Waals surface area contributed by atoms with Gasteiger partial charge in [0.05, 0.1) is 22.9 Å². The average Bonchev–Trinajstić information content (AvgIpc) is 3.33. The summed E-state index contributed by atoms with van der Waals surface area (Å²) in [5, 5.41) is 3.89. The number of amides is 1. The maximum Gasteiger partial charge on any atom is 0.419 e. The topological polar surface area (TPSA) is 90.7 Å². The van der Waals surface area contributed by atoms with Crippen LogP contribution in [0.4, 0.5) is 10.5 Å². The largest absolute Gasteiger partial charge is 0.444 e. The molecular weight excluding hydrogens is 326 g/mol. The van der Waals surface area contributed by atoms with Crippen molar-refractivity contribution in [2.75, 3.05) is 4.90 Å². The van der Waals surface area contributed by atoms with Gasteiger partial charge in [0.15, 0.2) is 5.58 Å². The second-order valence-corrected chi connectivity index (χ2v) is 6.43. The Morgan fingerprint density at radius 2 is 2.16 bits per heavy atom. The maximum atomic E-state index is 12.4. The Balaban J connectivity index is 1.49. The van der Waals surface area contributed by atoms with Gasteiger partial charge in [-0.1, -0.05) is 5.16 Å². The summed E-state index contributed by atoms with van der Waals surface area (Å²) in [6.07, 6.45) is 2.88. The Morgan fingerprint density at radius 1 is 1.28 bits per heavy atom. The van der Waals surface area contributed by atoms with Crippen LogP contribution in [0.3, 0.4) is 0 Å². The van der Waals surface area contributed by atoms with Gasteiger partial charge in [0.2, 0.25) is 0 Å². The maximum absolute atomic E-state index is 12.4. The number of cyclic esters (lactones) is 1. The normalized spacial score (nSPS) is 21.6. The summed E-state index contributed by atoms with van der Waals surface area (Å²) < 4.78 is 17.3. The number of hydrogen-bond donors (Lipinski definition) is 0. The van der Waals surface area contributed by atoms with Crippen LogP contribution >= 0.6 is 0 Å². The molecule has 8 heteroatoms. The molecule has 0 unspecified atom stereocenters. The molecule has 1 amide bonds. The number of carbonyl (C=O) groups is 1. The molecule has 0 saturated carbocycles. The van der Waals surface area contributed by atoms with E-state index in [1.54, 1.807) is 24.1 Å². The van der Waals surface area contributed by atoms with E-state index in [9.17, 15) is 9.59 Å². The average molecular weight is 341 g/mol. The fourth-order valence-corrected chi connectivity index (χ4v) is 3.84. The first-order valence-corrected chi connectivity index (χ1v) is 8.14. The molecule has 0 bridgehead atoms. The highest BCUT2D eigenvalue weighted by Gasteiger charge is 2.48. The van der Waals surface area contributed by atoms with Gasteiger partial charge in [-0.2, -0.15) is 0 Å². The van der Waals surface area contributed by atoms with E-state index in [1.807, 2.05) is 6.07 Å². The Labute approximate surface area is 141 Å². The van der Waals surface area contributed by atoms with E-state index < -0.39 is 5.76 Å². The molecule has 0 N–H and O–H groups in total. The predicted octanol–water partition coefficient (Wildman–Crippen LogP) is 2.00. The van der Waals surface area contributed by atoms with Crippen molar-refractivity contribution in [3.8, 4) is 0 Å². The number of aryl methyl sites for hydroxylation is 2. The number of hydrogen-bond acceptors (Lipinski definition) is 6. The zero-order chi connectivity index (χ0) is 17.1. The first-order valence-electron chi connectivity index (χ1n) is 8.14. The summed E-state index contributed by atoms with van der Waals surface area (Å²) in [6, 6.07) is 5.37. The van der Waals surface area contributed by atoms with Crippen LogP contribution in [0.1, 0.15) is 17.7 Å². The third kappa shape index (κ3) is 1.97. The molecule has 8 nitrogen and oxygen atoms in total. The molecule has 2 aliphatic heterocycles. The minimum atomic E-state index is -0.402. The SMILES string of the molecule is Cn1c(=O)oc2c3c(ccc21)N1C(=O)O[C@@H](CCc2ccon2)[C@@H]1C3. The summed E-state index contributed by atoms with van der Waals surface area (Å²) in [6.45, 7) is 0. The van der Waals surface area contributed by atoms with Crippen molar-refractivity contribution in [2.45, 2.75) is 31.4 Å².